The first-order valence-electron chi connectivity index (χ1n) is 4.34. The zero-order chi connectivity index (χ0) is 9.97. The van der Waals surface area contributed by atoms with Gasteiger partial charge in [0.15, 0.2) is 0 Å². The van der Waals surface area contributed by atoms with Gasteiger partial charge in [-0.2, -0.15) is 0 Å². The predicted molar refractivity (Wildman–Crippen MR) is 51.5 cm³/mol. The van der Waals surface area contributed by atoms with Gasteiger partial charge in [0.1, 0.15) is 5.82 Å². The van der Waals surface area contributed by atoms with Crippen LogP contribution in [0, 0.1) is 6.92 Å². The van der Waals surface area contributed by atoms with Crippen molar-refractivity contribution in [2.24, 2.45) is 5.73 Å². The van der Waals surface area contributed by atoms with Crippen LogP contribution in [0.15, 0.2) is 35.3 Å². The van der Waals surface area contributed by atoms with E-state index in [4.69, 9.17) is 10.2 Å². The first-order valence-corrected chi connectivity index (χ1v) is 4.34. The fraction of sp³-hybridized carbons (Fsp3) is 0.200. The highest BCUT2D eigenvalue weighted by molar-refractivity contribution is 5.22. The Morgan fingerprint density at radius 2 is 2.29 bits per heavy atom. The molecule has 4 heteroatoms. The Kier molecular flexibility index (Phi) is 2.28. The minimum Gasteiger partial charge on any atom is -0.472 e. The molecule has 0 spiro atoms. The summed E-state index contributed by atoms with van der Waals surface area (Å²) in [6.07, 6.45) is 4.93. The highest BCUT2D eigenvalue weighted by Crippen LogP contribution is 2.17. The first kappa shape index (κ1) is 8.90. The van der Waals surface area contributed by atoms with E-state index in [1.807, 2.05) is 19.1 Å². The second-order valence-corrected chi connectivity index (χ2v) is 3.06. The molecule has 0 amide bonds. The monoisotopic (exact) mass is 189 g/mol. The molecule has 0 aromatic carbocycles. The molecule has 4 nitrogen and oxygen atoms in total. The largest absolute Gasteiger partial charge is 0.472 e. The third kappa shape index (κ3) is 1.65. The Morgan fingerprint density at radius 3 is 2.93 bits per heavy atom. The topological polar surface area (TPSA) is 64.9 Å². The maximum Gasteiger partial charge on any atom is 0.125 e. The summed E-state index contributed by atoms with van der Waals surface area (Å²) in [4.78, 5) is 8.26. The lowest BCUT2D eigenvalue weighted by Gasteiger charge is -2.08. The maximum atomic E-state index is 5.98. The van der Waals surface area contributed by atoms with Gasteiger partial charge in [-0.1, -0.05) is 0 Å². The van der Waals surface area contributed by atoms with Crippen molar-refractivity contribution in [1.82, 2.24) is 9.97 Å². The van der Waals surface area contributed by atoms with E-state index >= 15 is 0 Å². The number of aromatic nitrogens is 2. The van der Waals surface area contributed by atoms with Gasteiger partial charge in [-0.05, 0) is 19.1 Å². The van der Waals surface area contributed by atoms with Gasteiger partial charge in [0, 0.05) is 11.8 Å². The van der Waals surface area contributed by atoms with Crippen LogP contribution in [-0.2, 0) is 0 Å². The van der Waals surface area contributed by atoms with Gasteiger partial charge in [-0.15, -0.1) is 0 Å². The van der Waals surface area contributed by atoms with Crippen LogP contribution in [0.4, 0.5) is 0 Å². The van der Waals surface area contributed by atoms with Gasteiger partial charge in [-0.3, -0.25) is 0 Å². The molecule has 2 heterocycles. The SMILES string of the molecule is Cc1nccc(C(N)c2ccoc2)n1. The molecule has 2 aromatic rings. The second-order valence-electron chi connectivity index (χ2n) is 3.06. The van der Waals surface area contributed by atoms with Crippen molar-refractivity contribution in [2.45, 2.75) is 13.0 Å². The first-order chi connectivity index (χ1) is 6.77. The summed E-state index contributed by atoms with van der Waals surface area (Å²) < 4.78 is 4.96. The van der Waals surface area contributed by atoms with E-state index in [-0.39, 0.29) is 6.04 Å². The Morgan fingerprint density at radius 1 is 1.43 bits per heavy atom. The van der Waals surface area contributed by atoms with Crippen LogP contribution in [0.3, 0.4) is 0 Å². The lowest BCUT2D eigenvalue weighted by Crippen LogP contribution is -2.13. The maximum absolute atomic E-state index is 5.98. The Hall–Kier alpha value is -1.68. The summed E-state index contributed by atoms with van der Waals surface area (Å²) in [6.45, 7) is 1.84. The average molecular weight is 189 g/mol. The molecule has 72 valence electrons. The Bertz CT molecular complexity index is 411. The standard InChI is InChI=1S/C10H11N3O/c1-7-12-4-2-9(13-7)10(11)8-3-5-14-6-8/h2-6,10H,11H2,1H3. The van der Waals surface area contributed by atoms with Crippen LogP contribution in [-0.4, -0.2) is 9.97 Å². The molecule has 0 radical (unpaired) electrons. The van der Waals surface area contributed by atoms with Crippen molar-refractivity contribution in [3.63, 3.8) is 0 Å². The van der Waals surface area contributed by atoms with Crippen molar-refractivity contribution >= 4 is 0 Å². The van der Waals surface area contributed by atoms with Gasteiger partial charge in [0.05, 0.1) is 24.3 Å². The number of nitrogens with zero attached hydrogens (tertiary/aromatic N) is 2. The molecule has 0 saturated carbocycles. The predicted octanol–water partition coefficient (Wildman–Crippen LogP) is 1.43. The van der Waals surface area contributed by atoms with Crippen LogP contribution in [0.5, 0.6) is 0 Å². The fourth-order valence-corrected chi connectivity index (χ4v) is 1.27. The molecule has 0 aliphatic rings. The lowest BCUT2D eigenvalue weighted by atomic mass is 10.1. The van der Waals surface area contributed by atoms with E-state index < -0.39 is 0 Å². The summed E-state index contributed by atoms with van der Waals surface area (Å²) in [5, 5.41) is 0. The minimum atomic E-state index is -0.240. The Labute approximate surface area is 81.8 Å². The summed E-state index contributed by atoms with van der Waals surface area (Å²) >= 11 is 0. The summed E-state index contributed by atoms with van der Waals surface area (Å²) in [5.41, 5.74) is 7.70. The quantitative estimate of drug-likeness (QED) is 0.776. The van der Waals surface area contributed by atoms with E-state index in [0.717, 1.165) is 17.1 Å². The number of nitrogens with two attached hydrogens (primary N) is 1. The van der Waals surface area contributed by atoms with Crippen molar-refractivity contribution in [1.29, 1.82) is 0 Å². The van der Waals surface area contributed by atoms with Crippen LogP contribution in [0.2, 0.25) is 0 Å². The van der Waals surface area contributed by atoms with Crippen molar-refractivity contribution in [2.75, 3.05) is 0 Å². The molecule has 2 N–H and O–H groups in total. The number of furan rings is 1. The molecule has 14 heavy (non-hydrogen) atoms. The lowest BCUT2D eigenvalue weighted by molar-refractivity contribution is 0.561. The molecular formula is C10H11N3O. The number of aryl methyl sites for hydroxylation is 1. The minimum absolute atomic E-state index is 0.240. The second kappa shape index (κ2) is 3.59. The molecular weight excluding hydrogens is 178 g/mol. The van der Waals surface area contributed by atoms with Gasteiger partial charge in [0.25, 0.3) is 0 Å². The van der Waals surface area contributed by atoms with Crippen LogP contribution < -0.4 is 5.73 Å². The van der Waals surface area contributed by atoms with Gasteiger partial charge < -0.3 is 10.2 Å². The van der Waals surface area contributed by atoms with Crippen molar-refractivity contribution in [3.8, 4) is 0 Å². The number of rotatable bonds is 2. The zero-order valence-corrected chi connectivity index (χ0v) is 7.84. The van der Waals surface area contributed by atoms with Gasteiger partial charge in [-0.25, -0.2) is 9.97 Å². The third-order valence-corrected chi connectivity index (χ3v) is 2.02. The van der Waals surface area contributed by atoms with Gasteiger partial charge >= 0.3 is 0 Å². The summed E-state index contributed by atoms with van der Waals surface area (Å²) in [7, 11) is 0. The number of hydrogen-bond acceptors (Lipinski definition) is 4. The molecule has 2 aromatic heterocycles. The van der Waals surface area contributed by atoms with E-state index in [9.17, 15) is 0 Å². The van der Waals surface area contributed by atoms with E-state index in [2.05, 4.69) is 9.97 Å². The Balaban J connectivity index is 2.32. The van der Waals surface area contributed by atoms with Gasteiger partial charge in [0.2, 0.25) is 0 Å². The van der Waals surface area contributed by atoms with Crippen molar-refractivity contribution < 1.29 is 4.42 Å². The van der Waals surface area contributed by atoms with E-state index in [1.54, 1.807) is 18.7 Å². The molecule has 0 bridgehead atoms. The molecule has 0 aliphatic carbocycles. The zero-order valence-electron chi connectivity index (χ0n) is 7.84. The molecule has 0 saturated heterocycles. The van der Waals surface area contributed by atoms with Crippen LogP contribution >= 0.6 is 0 Å². The number of hydrogen-bond donors (Lipinski definition) is 1. The summed E-state index contributed by atoms with van der Waals surface area (Å²) in [6, 6.07) is 3.41. The van der Waals surface area contributed by atoms with Crippen molar-refractivity contribution in [3.05, 3.63) is 47.9 Å². The molecule has 0 aliphatic heterocycles. The van der Waals surface area contributed by atoms with Crippen LogP contribution in [0.25, 0.3) is 0 Å². The normalized spacial score (nSPS) is 12.7. The smallest absolute Gasteiger partial charge is 0.125 e. The van der Waals surface area contributed by atoms with Crippen LogP contribution in [0.1, 0.15) is 23.1 Å². The summed E-state index contributed by atoms with van der Waals surface area (Å²) in [5.74, 6) is 0.724. The third-order valence-electron chi connectivity index (χ3n) is 2.02. The highest BCUT2D eigenvalue weighted by atomic mass is 16.3. The van der Waals surface area contributed by atoms with E-state index in [1.165, 1.54) is 0 Å². The molecule has 2 rings (SSSR count). The van der Waals surface area contributed by atoms with E-state index in [0.29, 0.717) is 0 Å². The molecule has 1 unspecified atom stereocenters. The molecule has 1 atom stereocenters. The highest BCUT2D eigenvalue weighted by Gasteiger charge is 2.11. The average Bonchev–Trinajstić information content (AvgIpc) is 2.69. The fourth-order valence-electron chi connectivity index (χ4n) is 1.27. The molecule has 0 fully saturated rings.